The molecule has 0 saturated carbocycles. The number of benzene rings is 3. The summed E-state index contributed by atoms with van der Waals surface area (Å²) in [6.45, 7) is 3.43. The van der Waals surface area contributed by atoms with Crippen molar-refractivity contribution in [3.8, 4) is 0 Å². The number of hydrogen-bond donors (Lipinski definition) is 3. The zero-order valence-electron chi connectivity index (χ0n) is 23.0. The van der Waals surface area contributed by atoms with Gasteiger partial charge in [0, 0.05) is 23.6 Å². The van der Waals surface area contributed by atoms with Crippen LogP contribution in [0.3, 0.4) is 0 Å². The zero-order chi connectivity index (χ0) is 29.7. The van der Waals surface area contributed by atoms with E-state index in [-0.39, 0.29) is 24.7 Å². The number of carboxylic acids is 1. The molecule has 9 nitrogen and oxygen atoms in total. The van der Waals surface area contributed by atoms with Gasteiger partial charge in [0.2, 0.25) is 11.8 Å². The van der Waals surface area contributed by atoms with Gasteiger partial charge in [0.25, 0.3) is 5.91 Å². The molecule has 1 heterocycles. The maximum absolute atomic E-state index is 13.7. The maximum atomic E-state index is 13.7. The highest BCUT2D eigenvalue weighted by Crippen LogP contribution is 2.26. The number of carbonyl (C=O) groups excluding carboxylic acids is 3. The first-order chi connectivity index (χ1) is 19.6. The van der Waals surface area contributed by atoms with Crippen LogP contribution in [0.2, 0.25) is 0 Å². The summed E-state index contributed by atoms with van der Waals surface area (Å²) in [4.78, 5) is 54.1. The van der Waals surface area contributed by atoms with Crippen molar-refractivity contribution in [1.29, 1.82) is 0 Å². The smallest absolute Gasteiger partial charge is 0.327 e. The normalized spacial score (nSPS) is 13.5. The van der Waals surface area contributed by atoms with E-state index in [0.29, 0.717) is 26.9 Å². The maximum Gasteiger partial charge on any atom is 0.327 e. The largest absolute Gasteiger partial charge is 0.480 e. The number of imide groups is 1. The number of nitrogens with zero attached hydrogens (tertiary/aromatic N) is 2. The van der Waals surface area contributed by atoms with Crippen LogP contribution in [0.5, 0.6) is 0 Å². The Kier molecular flexibility index (Phi) is 9.11. The lowest BCUT2D eigenvalue weighted by Gasteiger charge is -2.32. The molecule has 0 saturated heterocycles. The number of aromatic nitrogens is 1. The third-order valence-corrected chi connectivity index (χ3v) is 7.14. The minimum Gasteiger partial charge on any atom is -0.480 e. The second-order valence-corrected chi connectivity index (χ2v) is 10.4. The van der Waals surface area contributed by atoms with Crippen LogP contribution in [-0.4, -0.2) is 56.4 Å². The monoisotopic (exact) mass is 554 g/mol. The SMILES string of the molecule is CC(C)C(N)C(=O)N(C(=O)C(N)Cc1ccccc1)C(Cc1cn(C(=O)c2ccccc2)c2ccccc12)C(=O)O. The second kappa shape index (κ2) is 12.7. The average Bonchev–Trinajstić information content (AvgIpc) is 3.34. The number of carbonyl (C=O) groups is 4. The molecule has 0 fully saturated rings. The van der Waals surface area contributed by atoms with E-state index in [1.165, 1.54) is 4.57 Å². The van der Waals surface area contributed by atoms with Gasteiger partial charge in [0.15, 0.2) is 0 Å². The number of amides is 2. The fourth-order valence-corrected chi connectivity index (χ4v) is 4.79. The number of fused-ring (bicyclic) bond motifs is 1. The predicted octanol–water partition coefficient (Wildman–Crippen LogP) is 3.23. The molecule has 0 radical (unpaired) electrons. The minimum absolute atomic E-state index is 0.109. The minimum atomic E-state index is -1.60. The number of carboxylic acid groups (broad SMARTS) is 1. The van der Waals surface area contributed by atoms with E-state index in [2.05, 4.69) is 0 Å². The molecule has 0 aliphatic rings. The predicted molar refractivity (Wildman–Crippen MR) is 156 cm³/mol. The molecule has 1 aromatic heterocycles. The molecular formula is C32H34N4O5. The Balaban J connectivity index is 1.75. The molecule has 2 amide bonds. The summed E-state index contributed by atoms with van der Waals surface area (Å²) in [6, 6.07) is 20.9. The topological polar surface area (TPSA) is 149 Å². The summed E-state index contributed by atoms with van der Waals surface area (Å²) in [5.74, 6) is -3.68. The summed E-state index contributed by atoms with van der Waals surface area (Å²) in [5, 5.41) is 11.0. The Hall–Kier alpha value is -4.60. The Morgan fingerprint density at radius 3 is 2.00 bits per heavy atom. The van der Waals surface area contributed by atoms with Crippen LogP contribution in [-0.2, 0) is 27.2 Å². The second-order valence-electron chi connectivity index (χ2n) is 10.4. The molecule has 9 heteroatoms. The van der Waals surface area contributed by atoms with Gasteiger partial charge in [0.05, 0.1) is 17.6 Å². The standard InChI is InChI=1S/C32H34N4O5/c1-20(2)28(34)31(39)36(30(38)25(33)17-21-11-5-3-6-12-21)27(32(40)41)18-23-19-35(26-16-10-9-15-24(23)26)29(37)22-13-7-4-8-14-22/h3-16,19-20,25,27-28H,17-18,33-34H2,1-2H3,(H,40,41). The van der Waals surface area contributed by atoms with Crippen molar-refractivity contribution in [2.24, 2.45) is 17.4 Å². The molecule has 5 N–H and O–H groups in total. The van der Waals surface area contributed by atoms with Gasteiger partial charge in [-0.05, 0) is 41.7 Å². The Morgan fingerprint density at radius 2 is 1.39 bits per heavy atom. The lowest BCUT2D eigenvalue weighted by atomic mass is 9.98. The van der Waals surface area contributed by atoms with E-state index in [1.54, 1.807) is 98.9 Å². The molecule has 3 atom stereocenters. The summed E-state index contributed by atoms with van der Waals surface area (Å²) >= 11 is 0. The number of hydrogen-bond acceptors (Lipinski definition) is 6. The van der Waals surface area contributed by atoms with Crippen LogP contribution in [0.25, 0.3) is 10.9 Å². The summed E-state index contributed by atoms with van der Waals surface area (Å²) < 4.78 is 1.45. The van der Waals surface area contributed by atoms with Crippen molar-refractivity contribution in [2.75, 3.05) is 0 Å². The third kappa shape index (κ3) is 6.42. The van der Waals surface area contributed by atoms with Crippen LogP contribution < -0.4 is 11.5 Å². The number of nitrogens with two attached hydrogens (primary N) is 2. The lowest BCUT2D eigenvalue weighted by Crippen LogP contribution is -2.60. The van der Waals surface area contributed by atoms with Crippen LogP contribution in [0.15, 0.2) is 91.1 Å². The quantitative estimate of drug-likeness (QED) is 0.272. The summed E-state index contributed by atoms with van der Waals surface area (Å²) in [5.41, 5.74) is 14.7. The van der Waals surface area contributed by atoms with Crippen molar-refractivity contribution in [3.63, 3.8) is 0 Å². The number of aliphatic carboxylic acids is 1. The molecule has 41 heavy (non-hydrogen) atoms. The van der Waals surface area contributed by atoms with Gasteiger partial charge in [-0.25, -0.2) is 4.79 Å². The van der Waals surface area contributed by atoms with Gasteiger partial charge < -0.3 is 16.6 Å². The van der Waals surface area contributed by atoms with Crippen molar-refractivity contribution >= 4 is 34.6 Å². The van der Waals surface area contributed by atoms with Crippen molar-refractivity contribution in [2.45, 2.75) is 44.8 Å². The molecule has 4 rings (SSSR count). The molecule has 3 aromatic carbocycles. The lowest BCUT2D eigenvalue weighted by molar-refractivity contribution is -0.159. The first-order valence-electron chi connectivity index (χ1n) is 13.4. The molecule has 0 aliphatic carbocycles. The fourth-order valence-electron chi connectivity index (χ4n) is 4.79. The van der Waals surface area contributed by atoms with E-state index in [1.807, 2.05) is 6.07 Å². The van der Waals surface area contributed by atoms with E-state index < -0.39 is 35.9 Å². The van der Waals surface area contributed by atoms with E-state index in [0.717, 1.165) is 5.56 Å². The molecular weight excluding hydrogens is 520 g/mol. The van der Waals surface area contributed by atoms with E-state index in [4.69, 9.17) is 11.5 Å². The number of rotatable bonds is 10. The molecule has 212 valence electrons. The molecule has 0 bridgehead atoms. The third-order valence-electron chi connectivity index (χ3n) is 7.14. The van der Waals surface area contributed by atoms with Crippen LogP contribution in [0, 0.1) is 5.92 Å². The number of para-hydroxylation sites is 1. The van der Waals surface area contributed by atoms with Crippen molar-refractivity contribution < 1.29 is 24.3 Å². The van der Waals surface area contributed by atoms with Crippen molar-refractivity contribution in [3.05, 3.63) is 108 Å². The van der Waals surface area contributed by atoms with Crippen LogP contribution in [0.1, 0.15) is 35.3 Å². The van der Waals surface area contributed by atoms with Gasteiger partial charge in [0.1, 0.15) is 6.04 Å². The zero-order valence-corrected chi connectivity index (χ0v) is 23.0. The summed E-state index contributed by atoms with van der Waals surface area (Å²) in [6.07, 6.45) is 1.43. The van der Waals surface area contributed by atoms with Gasteiger partial charge in [-0.15, -0.1) is 0 Å². The van der Waals surface area contributed by atoms with E-state index in [9.17, 15) is 24.3 Å². The molecule has 0 spiro atoms. The van der Waals surface area contributed by atoms with Crippen LogP contribution in [0.4, 0.5) is 0 Å². The van der Waals surface area contributed by atoms with Gasteiger partial charge in [-0.2, -0.15) is 0 Å². The molecule has 3 unspecified atom stereocenters. The Bertz CT molecular complexity index is 1550. The highest BCUT2D eigenvalue weighted by atomic mass is 16.4. The van der Waals surface area contributed by atoms with E-state index >= 15 is 0 Å². The Morgan fingerprint density at radius 1 is 0.805 bits per heavy atom. The van der Waals surface area contributed by atoms with Crippen molar-refractivity contribution in [1.82, 2.24) is 9.47 Å². The first-order valence-corrected chi connectivity index (χ1v) is 13.4. The highest BCUT2D eigenvalue weighted by molar-refractivity contribution is 6.05. The molecule has 4 aromatic rings. The average molecular weight is 555 g/mol. The fraction of sp³-hybridized carbons (Fsp3) is 0.250. The van der Waals surface area contributed by atoms with Gasteiger partial charge in [-0.3, -0.25) is 23.9 Å². The Labute approximate surface area is 238 Å². The van der Waals surface area contributed by atoms with Gasteiger partial charge >= 0.3 is 5.97 Å². The van der Waals surface area contributed by atoms with Gasteiger partial charge in [-0.1, -0.05) is 80.6 Å². The molecule has 0 aliphatic heterocycles. The first kappa shape index (κ1) is 29.4. The highest BCUT2D eigenvalue weighted by Gasteiger charge is 2.40. The van der Waals surface area contributed by atoms with Crippen LogP contribution >= 0.6 is 0 Å². The summed E-state index contributed by atoms with van der Waals surface area (Å²) in [7, 11) is 0.